The van der Waals surface area contributed by atoms with E-state index in [1.165, 1.54) is 10.4 Å². The van der Waals surface area contributed by atoms with E-state index in [9.17, 15) is 4.79 Å². The number of nitrogens with zero attached hydrogens (tertiary/aromatic N) is 1. The highest BCUT2D eigenvalue weighted by Gasteiger charge is 2.14. The lowest BCUT2D eigenvalue weighted by Gasteiger charge is -2.18. The van der Waals surface area contributed by atoms with E-state index in [2.05, 4.69) is 13.0 Å². The van der Waals surface area contributed by atoms with Crippen LogP contribution >= 0.6 is 11.3 Å². The molecule has 1 rings (SSSR count). The number of thiophene rings is 1. The topological polar surface area (TPSA) is 66.6 Å². The van der Waals surface area contributed by atoms with Gasteiger partial charge in [0.15, 0.2) is 0 Å². The third-order valence-electron chi connectivity index (χ3n) is 2.21. The Kier molecular flexibility index (Phi) is 4.26. The zero-order chi connectivity index (χ0) is 11.4. The number of carboxylic acid groups (broad SMARTS) is 1. The molecule has 0 aromatic carbocycles. The second-order valence-electron chi connectivity index (χ2n) is 3.67. The largest absolute Gasteiger partial charge is 0.480 e. The molecule has 0 saturated carbocycles. The summed E-state index contributed by atoms with van der Waals surface area (Å²) in [6, 6.07) is 1.25. The van der Waals surface area contributed by atoms with Gasteiger partial charge >= 0.3 is 5.97 Å². The lowest BCUT2D eigenvalue weighted by atomic mass is 10.2. The summed E-state index contributed by atoms with van der Waals surface area (Å²) in [7, 11) is 1.88. The maximum atomic E-state index is 10.6. The number of nitrogens with two attached hydrogens (primary N) is 1. The summed E-state index contributed by atoms with van der Waals surface area (Å²) in [6.45, 7) is 3.17. The highest BCUT2D eigenvalue weighted by Crippen LogP contribution is 2.17. The van der Waals surface area contributed by atoms with Crippen LogP contribution in [0.3, 0.4) is 0 Å². The van der Waals surface area contributed by atoms with Crippen molar-refractivity contribution in [1.29, 1.82) is 0 Å². The third kappa shape index (κ3) is 3.62. The smallest absolute Gasteiger partial charge is 0.321 e. The van der Waals surface area contributed by atoms with E-state index in [1.807, 2.05) is 17.3 Å². The molecule has 0 saturated heterocycles. The van der Waals surface area contributed by atoms with Gasteiger partial charge in [0.25, 0.3) is 0 Å². The van der Waals surface area contributed by atoms with Crippen molar-refractivity contribution < 1.29 is 9.90 Å². The van der Waals surface area contributed by atoms with Gasteiger partial charge in [-0.1, -0.05) is 0 Å². The van der Waals surface area contributed by atoms with Gasteiger partial charge < -0.3 is 10.8 Å². The fourth-order valence-corrected chi connectivity index (χ4v) is 2.27. The minimum absolute atomic E-state index is 0.368. The molecule has 15 heavy (non-hydrogen) atoms. The van der Waals surface area contributed by atoms with Crippen LogP contribution in [0.4, 0.5) is 0 Å². The van der Waals surface area contributed by atoms with Crippen molar-refractivity contribution in [3.63, 3.8) is 0 Å². The van der Waals surface area contributed by atoms with E-state index < -0.39 is 12.0 Å². The fourth-order valence-electron chi connectivity index (χ4n) is 1.29. The molecular formula is C10H16N2O2S. The van der Waals surface area contributed by atoms with Crippen molar-refractivity contribution in [2.24, 2.45) is 5.73 Å². The van der Waals surface area contributed by atoms with E-state index in [0.29, 0.717) is 6.54 Å². The molecule has 1 atom stereocenters. The first-order valence-electron chi connectivity index (χ1n) is 4.70. The predicted molar refractivity (Wildman–Crippen MR) is 61.0 cm³/mol. The van der Waals surface area contributed by atoms with Crippen LogP contribution in [0.15, 0.2) is 11.4 Å². The van der Waals surface area contributed by atoms with Crippen molar-refractivity contribution >= 4 is 17.3 Å². The highest BCUT2D eigenvalue weighted by molar-refractivity contribution is 7.10. The van der Waals surface area contributed by atoms with Crippen LogP contribution in [0, 0.1) is 6.92 Å². The zero-order valence-electron chi connectivity index (χ0n) is 8.93. The average Bonchev–Trinajstić information content (AvgIpc) is 2.51. The molecule has 3 N–H and O–H groups in total. The summed E-state index contributed by atoms with van der Waals surface area (Å²) in [6.07, 6.45) is 0. The number of aliphatic carboxylic acids is 1. The predicted octanol–water partition coefficient (Wildman–Crippen LogP) is 0.900. The summed E-state index contributed by atoms with van der Waals surface area (Å²) in [5.74, 6) is -0.954. The summed E-state index contributed by atoms with van der Waals surface area (Å²) in [4.78, 5) is 13.7. The quantitative estimate of drug-likeness (QED) is 0.786. The molecule has 1 heterocycles. The van der Waals surface area contributed by atoms with Crippen molar-refractivity contribution in [3.05, 3.63) is 21.9 Å². The molecule has 4 nitrogen and oxygen atoms in total. The van der Waals surface area contributed by atoms with Crippen LogP contribution in [0.2, 0.25) is 0 Å². The summed E-state index contributed by atoms with van der Waals surface area (Å²) < 4.78 is 0. The van der Waals surface area contributed by atoms with E-state index in [-0.39, 0.29) is 0 Å². The Hall–Kier alpha value is -0.910. The first kappa shape index (κ1) is 12.2. The third-order valence-corrected chi connectivity index (χ3v) is 3.22. The zero-order valence-corrected chi connectivity index (χ0v) is 9.75. The van der Waals surface area contributed by atoms with Crippen LogP contribution in [0.5, 0.6) is 0 Å². The number of rotatable bonds is 5. The molecule has 1 unspecified atom stereocenters. The van der Waals surface area contributed by atoms with Crippen LogP contribution in [0.1, 0.15) is 10.4 Å². The van der Waals surface area contributed by atoms with Crippen molar-refractivity contribution in [2.45, 2.75) is 19.5 Å². The highest BCUT2D eigenvalue weighted by atomic mass is 32.1. The van der Waals surface area contributed by atoms with E-state index in [4.69, 9.17) is 10.8 Å². The number of aryl methyl sites for hydroxylation is 1. The molecular weight excluding hydrogens is 212 g/mol. The van der Waals surface area contributed by atoms with Gasteiger partial charge in [-0.05, 0) is 31.0 Å². The second kappa shape index (κ2) is 5.25. The fraction of sp³-hybridized carbons (Fsp3) is 0.500. The Labute approximate surface area is 93.3 Å². The Morgan fingerprint density at radius 2 is 2.40 bits per heavy atom. The van der Waals surface area contributed by atoms with Crippen molar-refractivity contribution in [2.75, 3.05) is 13.6 Å². The minimum atomic E-state index is -0.954. The lowest BCUT2D eigenvalue weighted by molar-refractivity contribution is -0.138. The molecule has 0 bridgehead atoms. The Balaban J connectivity index is 2.46. The monoisotopic (exact) mass is 228 g/mol. The number of likely N-dealkylation sites (N-methyl/N-ethyl adjacent to an activating group) is 1. The normalized spacial score (nSPS) is 13.1. The molecule has 0 radical (unpaired) electrons. The van der Waals surface area contributed by atoms with Gasteiger partial charge in [-0.3, -0.25) is 9.69 Å². The maximum absolute atomic E-state index is 10.6. The first-order valence-corrected chi connectivity index (χ1v) is 5.58. The van der Waals surface area contributed by atoms with E-state index in [0.717, 1.165) is 6.54 Å². The average molecular weight is 228 g/mol. The molecule has 0 aliphatic carbocycles. The maximum Gasteiger partial charge on any atom is 0.321 e. The molecule has 0 fully saturated rings. The summed E-state index contributed by atoms with van der Waals surface area (Å²) in [5, 5.41) is 10.7. The molecule has 1 aromatic heterocycles. The SMILES string of the molecule is Cc1ccsc1CN(C)CC(N)C(=O)O. The Morgan fingerprint density at radius 1 is 1.73 bits per heavy atom. The van der Waals surface area contributed by atoms with Crippen LogP contribution in [-0.2, 0) is 11.3 Å². The van der Waals surface area contributed by atoms with Gasteiger partial charge in [-0.2, -0.15) is 0 Å². The van der Waals surface area contributed by atoms with Gasteiger partial charge in [0, 0.05) is 18.0 Å². The van der Waals surface area contributed by atoms with E-state index >= 15 is 0 Å². The molecule has 5 heteroatoms. The molecule has 84 valence electrons. The summed E-state index contributed by atoms with van der Waals surface area (Å²) >= 11 is 1.68. The molecule has 0 spiro atoms. The number of hydrogen-bond donors (Lipinski definition) is 2. The van der Waals surface area contributed by atoms with Crippen molar-refractivity contribution in [3.8, 4) is 0 Å². The van der Waals surface area contributed by atoms with Gasteiger partial charge in [0.1, 0.15) is 6.04 Å². The van der Waals surface area contributed by atoms with Gasteiger partial charge in [-0.25, -0.2) is 0 Å². The molecule has 1 aromatic rings. The van der Waals surface area contributed by atoms with E-state index in [1.54, 1.807) is 11.3 Å². The molecule has 0 aliphatic rings. The van der Waals surface area contributed by atoms with Gasteiger partial charge in [0.2, 0.25) is 0 Å². The number of carboxylic acids is 1. The van der Waals surface area contributed by atoms with Crippen molar-refractivity contribution in [1.82, 2.24) is 4.90 Å². The number of carbonyl (C=O) groups is 1. The van der Waals surface area contributed by atoms with Gasteiger partial charge in [0.05, 0.1) is 0 Å². The Bertz CT molecular complexity index is 338. The van der Waals surface area contributed by atoms with Gasteiger partial charge in [-0.15, -0.1) is 11.3 Å². The van der Waals surface area contributed by atoms with Crippen LogP contribution < -0.4 is 5.73 Å². The van der Waals surface area contributed by atoms with Crippen LogP contribution in [0.25, 0.3) is 0 Å². The standard InChI is InChI=1S/C10H16N2O2S/c1-7-3-4-15-9(7)6-12(2)5-8(11)10(13)14/h3-4,8H,5-6,11H2,1-2H3,(H,13,14). The molecule has 0 amide bonds. The second-order valence-corrected chi connectivity index (χ2v) is 4.67. The lowest BCUT2D eigenvalue weighted by Crippen LogP contribution is -2.40. The molecule has 0 aliphatic heterocycles. The van der Waals surface area contributed by atoms with Crippen LogP contribution in [-0.4, -0.2) is 35.6 Å². The first-order chi connectivity index (χ1) is 7.00. The Morgan fingerprint density at radius 3 is 2.87 bits per heavy atom. The minimum Gasteiger partial charge on any atom is -0.480 e. The number of hydrogen-bond acceptors (Lipinski definition) is 4. The summed E-state index contributed by atoms with van der Waals surface area (Å²) in [5.41, 5.74) is 6.69.